The summed E-state index contributed by atoms with van der Waals surface area (Å²) in [4.78, 5) is 0. The minimum absolute atomic E-state index is 0.121. The Morgan fingerprint density at radius 1 is 1.31 bits per heavy atom. The molecule has 0 aliphatic rings. The summed E-state index contributed by atoms with van der Waals surface area (Å²) >= 11 is 11.7. The van der Waals surface area contributed by atoms with Gasteiger partial charge in [-0.3, -0.25) is 0 Å². The van der Waals surface area contributed by atoms with Crippen LogP contribution >= 0.6 is 23.2 Å². The zero-order valence-electron chi connectivity index (χ0n) is 7.47. The quantitative estimate of drug-likeness (QED) is 0.831. The van der Waals surface area contributed by atoms with Crippen LogP contribution in [0.4, 0.5) is 0 Å². The Bertz CT molecular complexity index is 313. The third kappa shape index (κ3) is 2.27. The van der Waals surface area contributed by atoms with E-state index in [1.165, 1.54) is 0 Å². The fraction of sp³-hybridized carbons (Fsp3) is 0.333. The van der Waals surface area contributed by atoms with E-state index >= 15 is 0 Å². The van der Waals surface area contributed by atoms with Crippen LogP contribution in [0.25, 0.3) is 0 Å². The Labute approximate surface area is 87.6 Å². The third-order valence-corrected chi connectivity index (χ3v) is 2.49. The maximum atomic E-state index is 5.84. The highest BCUT2D eigenvalue weighted by atomic mass is 35.5. The number of benzene rings is 1. The lowest BCUT2D eigenvalue weighted by atomic mass is 10.1. The average Bonchev–Trinajstić information content (AvgIpc) is 2.08. The second-order valence-electron chi connectivity index (χ2n) is 2.80. The molecule has 0 aromatic heterocycles. The van der Waals surface area contributed by atoms with Gasteiger partial charge in [-0.15, -0.1) is 0 Å². The number of ether oxygens (including phenoxy) is 1. The second-order valence-corrected chi connectivity index (χ2v) is 3.61. The standard InChI is InChI=1S/C9H11Cl2NO/c1-5(12)6-3-7(10)8(11)4-9(6)13-2/h3-5H,12H2,1-2H3. The molecular formula is C9H11Cl2NO. The average molecular weight is 220 g/mol. The van der Waals surface area contributed by atoms with Crippen LogP contribution in [0.3, 0.4) is 0 Å². The lowest BCUT2D eigenvalue weighted by Gasteiger charge is -2.12. The molecule has 1 aromatic rings. The van der Waals surface area contributed by atoms with E-state index in [4.69, 9.17) is 33.7 Å². The molecule has 0 aliphatic carbocycles. The highest BCUT2D eigenvalue weighted by Gasteiger charge is 2.10. The molecule has 1 rings (SSSR count). The van der Waals surface area contributed by atoms with Gasteiger partial charge in [-0.1, -0.05) is 23.2 Å². The van der Waals surface area contributed by atoms with Crippen molar-refractivity contribution in [2.24, 2.45) is 5.73 Å². The van der Waals surface area contributed by atoms with Crippen LogP contribution in [0, 0.1) is 0 Å². The summed E-state index contributed by atoms with van der Waals surface area (Å²) in [5, 5.41) is 0.970. The second kappa shape index (κ2) is 4.18. The molecule has 4 heteroatoms. The van der Waals surface area contributed by atoms with Gasteiger partial charge in [0.2, 0.25) is 0 Å². The van der Waals surface area contributed by atoms with E-state index in [1.807, 2.05) is 6.92 Å². The van der Waals surface area contributed by atoms with Crippen LogP contribution in [0.2, 0.25) is 10.0 Å². The van der Waals surface area contributed by atoms with Gasteiger partial charge in [0.25, 0.3) is 0 Å². The lowest BCUT2D eigenvalue weighted by Crippen LogP contribution is -2.06. The van der Waals surface area contributed by atoms with Crippen LogP contribution < -0.4 is 10.5 Å². The highest BCUT2D eigenvalue weighted by Crippen LogP contribution is 2.32. The first-order valence-electron chi connectivity index (χ1n) is 3.84. The Kier molecular flexibility index (Phi) is 3.42. The molecule has 0 spiro atoms. The summed E-state index contributed by atoms with van der Waals surface area (Å²) in [6.07, 6.45) is 0. The van der Waals surface area contributed by atoms with Crippen molar-refractivity contribution in [2.45, 2.75) is 13.0 Å². The van der Waals surface area contributed by atoms with Gasteiger partial charge in [0.05, 0.1) is 17.2 Å². The van der Waals surface area contributed by atoms with Gasteiger partial charge in [0.15, 0.2) is 0 Å². The summed E-state index contributed by atoms with van der Waals surface area (Å²) in [5.74, 6) is 0.671. The molecule has 2 nitrogen and oxygen atoms in total. The topological polar surface area (TPSA) is 35.2 Å². The summed E-state index contributed by atoms with van der Waals surface area (Å²) in [7, 11) is 1.57. The van der Waals surface area contributed by atoms with Gasteiger partial charge < -0.3 is 10.5 Å². The summed E-state index contributed by atoms with van der Waals surface area (Å²) in [5.41, 5.74) is 6.59. The van der Waals surface area contributed by atoms with Crippen molar-refractivity contribution >= 4 is 23.2 Å². The van der Waals surface area contributed by atoms with E-state index in [0.717, 1.165) is 5.56 Å². The maximum absolute atomic E-state index is 5.84. The highest BCUT2D eigenvalue weighted by molar-refractivity contribution is 6.42. The van der Waals surface area contributed by atoms with E-state index in [9.17, 15) is 0 Å². The van der Waals surface area contributed by atoms with Crippen LogP contribution in [0.5, 0.6) is 5.75 Å². The van der Waals surface area contributed by atoms with Crippen molar-refractivity contribution in [2.75, 3.05) is 7.11 Å². The van der Waals surface area contributed by atoms with Crippen LogP contribution in [0.1, 0.15) is 18.5 Å². The van der Waals surface area contributed by atoms with Crippen LogP contribution in [0.15, 0.2) is 12.1 Å². The normalized spacial score (nSPS) is 12.7. The van der Waals surface area contributed by atoms with Crippen molar-refractivity contribution in [3.8, 4) is 5.75 Å². The van der Waals surface area contributed by atoms with Gasteiger partial charge in [-0.2, -0.15) is 0 Å². The smallest absolute Gasteiger partial charge is 0.125 e. The minimum atomic E-state index is -0.121. The number of methoxy groups -OCH3 is 1. The molecule has 0 bridgehead atoms. The Balaban J connectivity index is 3.25. The van der Waals surface area contributed by atoms with Gasteiger partial charge in [-0.25, -0.2) is 0 Å². The molecule has 0 amide bonds. The van der Waals surface area contributed by atoms with Crippen molar-refractivity contribution < 1.29 is 4.74 Å². The molecule has 1 aromatic carbocycles. The first-order chi connectivity index (χ1) is 6.06. The summed E-state index contributed by atoms with van der Waals surface area (Å²) in [6.45, 7) is 1.86. The number of hydrogen-bond donors (Lipinski definition) is 1. The van der Waals surface area contributed by atoms with E-state index in [0.29, 0.717) is 15.8 Å². The molecule has 0 saturated carbocycles. The number of rotatable bonds is 2. The Morgan fingerprint density at radius 3 is 2.31 bits per heavy atom. The first-order valence-corrected chi connectivity index (χ1v) is 4.60. The largest absolute Gasteiger partial charge is 0.496 e. The maximum Gasteiger partial charge on any atom is 0.125 e. The molecular weight excluding hydrogens is 209 g/mol. The first kappa shape index (κ1) is 10.6. The molecule has 1 atom stereocenters. The van der Waals surface area contributed by atoms with E-state index < -0.39 is 0 Å². The SMILES string of the molecule is COc1cc(Cl)c(Cl)cc1C(C)N. The zero-order chi connectivity index (χ0) is 10.0. The molecule has 1 unspecified atom stereocenters. The van der Waals surface area contributed by atoms with E-state index in [2.05, 4.69) is 0 Å². The molecule has 0 heterocycles. The van der Waals surface area contributed by atoms with Crippen molar-refractivity contribution in [3.63, 3.8) is 0 Å². The Morgan fingerprint density at radius 2 is 1.85 bits per heavy atom. The molecule has 2 N–H and O–H groups in total. The predicted octanol–water partition coefficient (Wildman–Crippen LogP) is 3.02. The monoisotopic (exact) mass is 219 g/mol. The predicted molar refractivity (Wildman–Crippen MR) is 55.6 cm³/mol. The zero-order valence-corrected chi connectivity index (χ0v) is 8.99. The van der Waals surface area contributed by atoms with E-state index in [-0.39, 0.29) is 6.04 Å². The Hall–Kier alpha value is -0.440. The minimum Gasteiger partial charge on any atom is -0.496 e. The van der Waals surface area contributed by atoms with Gasteiger partial charge in [-0.05, 0) is 13.0 Å². The fourth-order valence-corrected chi connectivity index (χ4v) is 1.40. The van der Waals surface area contributed by atoms with Gasteiger partial charge in [0.1, 0.15) is 5.75 Å². The summed E-state index contributed by atoms with van der Waals surface area (Å²) < 4.78 is 5.12. The number of halogens is 2. The van der Waals surface area contributed by atoms with Crippen LogP contribution in [-0.4, -0.2) is 7.11 Å². The number of hydrogen-bond acceptors (Lipinski definition) is 2. The molecule has 0 saturated heterocycles. The number of nitrogens with two attached hydrogens (primary N) is 1. The summed E-state index contributed by atoms with van der Waals surface area (Å²) in [6, 6.07) is 3.28. The molecule has 72 valence electrons. The van der Waals surface area contributed by atoms with Crippen molar-refractivity contribution in [1.29, 1.82) is 0 Å². The fourth-order valence-electron chi connectivity index (χ4n) is 1.08. The molecule has 0 fully saturated rings. The van der Waals surface area contributed by atoms with Gasteiger partial charge >= 0.3 is 0 Å². The van der Waals surface area contributed by atoms with Crippen molar-refractivity contribution in [1.82, 2.24) is 0 Å². The van der Waals surface area contributed by atoms with Crippen molar-refractivity contribution in [3.05, 3.63) is 27.7 Å². The van der Waals surface area contributed by atoms with Crippen LogP contribution in [-0.2, 0) is 0 Å². The molecule has 13 heavy (non-hydrogen) atoms. The molecule has 0 radical (unpaired) electrons. The molecule has 0 aliphatic heterocycles. The van der Waals surface area contributed by atoms with E-state index in [1.54, 1.807) is 19.2 Å². The third-order valence-electron chi connectivity index (χ3n) is 1.76. The lowest BCUT2D eigenvalue weighted by molar-refractivity contribution is 0.407. The van der Waals surface area contributed by atoms with Gasteiger partial charge in [0, 0.05) is 17.7 Å².